The standard InChI is InChI=1S/C15H21ClN2O4/c1-9(2)18-13(19)8-17-15(20)14(16)10-5-6-11(21-3)12(7-10)22-4/h5-7,9,14H,8H2,1-4H3,(H,17,20)(H,18,19). The number of carbonyl (C=O) groups excluding carboxylic acids is 2. The molecule has 122 valence electrons. The first-order valence-electron chi connectivity index (χ1n) is 6.82. The minimum atomic E-state index is -0.924. The quantitative estimate of drug-likeness (QED) is 0.746. The van der Waals surface area contributed by atoms with E-state index in [1.54, 1.807) is 18.2 Å². The molecule has 0 aliphatic rings. The molecule has 7 heteroatoms. The Kier molecular flexibility index (Phi) is 6.98. The molecule has 22 heavy (non-hydrogen) atoms. The van der Waals surface area contributed by atoms with Crippen molar-refractivity contribution in [3.63, 3.8) is 0 Å². The molecule has 0 radical (unpaired) electrons. The van der Waals surface area contributed by atoms with Crippen molar-refractivity contribution in [2.24, 2.45) is 0 Å². The normalized spacial score (nSPS) is 11.7. The SMILES string of the molecule is COc1ccc(C(Cl)C(=O)NCC(=O)NC(C)C)cc1OC. The zero-order chi connectivity index (χ0) is 16.7. The van der Waals surface area contributed by atoms with Crippen molar-refractivity contribution in [3.05, 3.63) is 23.8 Å². The number of ether oxygens (including phenoxy) is 2. The molecule has 0 aliphatic heterocycles. The van der Waals surface area contributed by atoms with Crippen LogP contribution in [0.15, 0.2) is 18.2 Å². The van der Waals surface area contributed by atoms with Gasteiger partial charge >= 0.3 is 0 Å². The molecule has 1 unspecified atom stereocenters. The number of alkyl halides is 1. The van der Waals surface area contributed by atoms with Gasteiger partial charge in [-0.15, -0.1) is 11.6 Å². The molecule has 1 rings (SSSR count). The summed E-state index contributed by atoms with van der Waals surface area (Å²) in [5.74, 6) is 0.315. The number of benzene rings is 1. The summed E-state index contributed by atoms with van der Waals surface area (Å²) in [5, 5.41) is 4.25. The highest BCUT2D eigenvalue weighted by Gasteiger charge is 2.20. The Hall–Kier alpha value is -1.95. The lowest BCUT2D eigenvalue weighted by molar-refractivity contribution is -0.126. The predicted octanol–water partition coefficient (Wildman–Crippen LogP) is 1.62. The molecule has 0 aliphatic carbocycles. The van der Waals surface area contributed by atoms with E-state index < -0.39 is 11.3 Å². The molecule has 2 amide bonds. The maximum absolute atomic E-state index is 12.0. The van der Waals surface area contributed by atoms with Gasteiger partial charge < -0.3 is 20.1 Å². The summed E-state index contributed by atoms with van der Waals surface area (Å²) in [5.41, 5.74) is 0.557. The molecule has 0 heterocycles. The molecular formula is C15H21ClN2O4. The third-order valence-corrected chi connectivity index (χ3v) is 3.25. The number of nitrogens with one attached hydrogen (secondary N) is 2. The van der Waals surface area contributed by atoms with Gasteiger partial charge in [0.2, 0.25) is 11.8 Å². The molecule has 0 aromatic heterocycles. The van der Waals surface area contributed by atoms with E-state index in [0.29, 0.717) is 17.1 Å². The van der Waals surface area contributed by atoms with Gasteiger partial charge in [-0.05, 0) is 31.5 Å². The molecule has 1 aromatic rings. The number of rotatable bonds is 7. The van der Waals surface area contributed by atoms with Crippen LogP contribution in [0.4, 0.5) is 0 Å². The topological polar surface area (TPSA) is 76.7 Å². The van der Waals surface area contributed by atoms with Crippen molar-refractivity contribution in [2.45, 2.75) is 25.3 Å². The summed E-state index contributed by atoms with van der Waals surface area (Å²) in [6, 6.07) is 4.99. The molecular weight excluding hydrogens is 308 g/mol. The highest BCUT2D eigenvalue weighted by Crippen LogP contribution is 2.32. The predicted molar refractivity (Wildman–Crippen MR) is 84.4 cm³/mol. The van der Waals surface area contributed by atoms with Crippen LogP contribution in [0.2, 0.25) is 0 Å². The average molecular weight is 329 g/mol. The van der Waals surface area contributed by atoms with Crippen LogP contribution in [0.25, 0.3) is 0 Å². The van der Waals surface area contributed by atoms with Gasteiger partial charge in [-0.2, -0.15) is 0 Å². The molecule has 0 saturated carbocycles. The van der Waals surface area contributed by atoms with Crippen LogP contribution in [0.1, 0.15) is 24.8 Å². The number of halogens is 1. The smallest absolute Gasteiger partial charge is 0.243 e. The Balaban J connectivity index is 2.68. The highest BCUT2D eigenvalue weighted by atomic mass is 35.5. The second kappa shape index (κ2) is 8.48. The molecule has 0 spiro atoms. The third-order valence-electron chi connectivity index (χ3n) is 2.80. The van der Waals surface area contributed by atoms with E-state index in [9.17, 15) is 9.59 Å². The zero-order valence-corrected chi connectivity index (χ0v) is 13.9. The van der Waals surface area contributed by atoms with Crippen molar-refractivity contribution < 1.29 is 19.1 Å². The fraction of sp³-hybridized carbons (Fsp3) is 0.467. The van der Waals surface area contributed by atoms with Crippen LogP contribution in [-0.4, -0.2) is 38.6 Å². The number of amides is 2. The first-order valence-corrected chi connectivity index (χ1v) is 7.25. The fourth-order valence-electron chi connectivity index (χ4n) is 1.79. The second-order valence-corrected chi connectivity index (χ2v) is 5.35. The lowest BCUT2D eigenvalue weighted by Gasteiger charge is -2.14. The molecule has 6 nitrogen and oxygen atoms in total. The molecule has 1 aromatic carbocycles. The summed E-state index contributed by atoms with van der Waals surface area (Å²) in [7, 11) is 3.02. The van der Waals surface area contributed by atoms with Crippen molar-refractivity contribution in [1.82, 2.24) is 10.6 Å². The molecule has 0 fully saturated rings. The van der Waals surface area contributed by atoms with Gasteiger partial charge in [-0.1, -0.05) is 6.07 Å². The third kappa shape index (κ3) is 5.11. The van der Waals surface area contributed by atoms with E-state index in [2.05, 4.69) is 10.6 Å². The summed E-state index contributed by atoms with van der Waals surface area (Å²) in [4.78, 5) is 23.5. The number of hydrogen-bond donors (Lipinski definition) is 2. The number of carbonyl (C=O) groups is 2. The molecule has 2 N–H and O–H groups in total. The summed E-state index contributed by atoms with van der Waals surface area (Å²) in [6.07, 6.45) is 0. The molecule has 0 bridgehead atoms. The van der Waals surface area contributed by atoms with Crippen LogP contribution in [0.3, 0.4) is 0 Å². The Morgan fingerprint density at radius 1 is 1.18 bits per heavy atom. The van der Waals surface area contributed by atoms with Crippen LogP contribution < -0.4 is 20.1 Å². The summed E-state index contributed by atoms with van der Waals surface area (Å²) >= 11 is 6.13. The minimum Gasteiger partial charge on any atom is -0.493 e. The van der Waals surface area contributed by atoms with E-state index in [0.717, 1.165) is 0 Å². The van der Waals surface area contributed by atoms with E-state index in [1.807, 2.05) is 13.8 Å². The van der Waals surface area contributed by atoms with E-state index in [4.69, 9.17) is 21.1 Å². The van der Waals surface area contributed by atoms with Crippen LogP contribution in [-0.2, 0) is 9.59 Å². The second-order valence-electron chi connectivity index (χ2n) is 4.92. The van der Waals surface area contributed by atoms with Gasteiger partial charge in [0.1, 0.15) is 5.38 Å². The lowest BCUT2D eigenvalue weighted by atomic mass is 10.1. The maximum atomic E-state index is 12.0. The fourth-order valence-corrected chi connectivity index (χ4v) is 2.00. The van der Waals surface area contributed by atoms with Gasteiger partial charge in [0, 0.05) is 6.04 Å². The Morgan fingerprint density at radius 3 is 2.36 bits per heavy atom. The first-order chi connectivity index (χ1) is 10.4. The Labute approximate surface area is 135 Å². The van der Waals surface area contributed by atoms with E-state index in [1.165, 1.54) is 14.2 Å². The first kappa shape index (κ1) is 18.1. The van der Waals surface area contributed by atoms with Crippen LogP contribution in [0.5, 0.6) is 11.5 Å². The largest absolute Gasteiger partial charge is 0.493 e. The van der Waals surface area contributed by atoms with Crippen molar-refractivity contribution in [3.8, 4) is 11.5 Å². The number of methoxy groups -OCH3 is 2. The Morgan fingerprint density at radius 2 is 1.82 bits per heavy atom. The van der Waals surface area contributed by atoms with Crippen molar-refractivity contribution >= 4 is 23.4 Å². The van der Waals surface area contributed by atoms with Gasteiger partial charge in [-0.3, -0.25) is 9.59 Å². The van der Waals surface area contributed by atoms with Crippen LogP contribution >= 0.6 is 11.6 Å². The lowest BCUT2D eigenvalue weighted by Crippen LogP contribution is -2.40. The van der Waals surface area contributed by atoms with E-state index >= 15 is 0 Å². The van der Waals surface area contributed by atoms with Gasteiger partial charge in [0.05, 0.1) is 20.8 Å². The maximum Gasteiger partial charge on any atom is 0.243 e. The van der Waals surface area contributed by atoms with Gasteiger partial charge in [-0.25, -0.2) is 0 Å². The average Bonchev–Trinajstić information content (AvgIpc) is 2.50. The minimum absolute atomic E-state index is 0.0158. The number of hydrogen-bond acceptors (Lipinski definition) is 4. The van der Waals surface area contributed by atoms with E-state index in [-0.39, 0.29) is 18.5 Å². The summed E-state index contributed by atoms with van der Waals surface area (Å²) < 4.78 is 10.3. The highest BCUT2D eigenvalue weighted by molar-refractivity contribution is 6.30. The van der Waals surface area contributed by atoms with Crippen molar-refractivity contribution in [1.29, 1.82) is 0 Å². The van der Waals surface area contributed by atoms with Crippen molar-refractivity contribution in [2.75, 3.05) is 20.8 Å². The molecule has 1 atom stereocenters. The monoisotopic (exact) mass is 328 g/mol. The van der Waals surface area contributed by atoms with Crippen LogP contribution in [0, 0.1) is 0 Å². The molecule has 0 saturated heterocycles. The van der Waals surface area contributed by atoms with Gasteiger partial charge in [0.15, 0.2) is 11.5 Å². The Bertz CT molecular complexity index is 534. The zero-order valence-electron chi connectivity index (χ0n) is 13.1. The summed E-state index contributed by atoms with van der Waals surface area (Å²) in [6.45, 7) is 3.56. The van der Waals surface area contributed by atoms with Gasteiger partial charge in [0.25, 0.3) is 0 Å².